The van der Waals surface area contributed by atoms with E-state index in [0.717, 1.165) is 15.4 Å². The predicted molar refractivity (Wildman–Crippen MR) is 96.4 cm³/mol. The summed E-state index contributed by atoms with van der Waals surface area (Å²) < 4.78 is 2.36. The molecule has 7 nitrogen and oxygen atoms in total. The highest BCUT2D eigenvalue weighted by molar-refractivity contribution is 9.10. The lowest BCUT2D eigenvalue weighted by atomic mass is 10.1. The molecule has 0 bridgehead atoms. The van der Waals surface area contributed by atoms with Gasteiger partial charge in [-0.15, -0.1) is 0 Å². The number of nitrogens with zero attached hydrogens (tertiary/aromatic N) is 3. The molecule has 0 saturated heterocycles. The van der Waals surface area contributed by atoms with Crippen molar-refractivity contribution in [2.24, 2.45) is 7.05 Å². The van der Waals surface area contributed by atoms with Gasteiger partial charge in [-0.2, -0.15) is 0 Å². The van der Waals surface area contributed by atoms with E-state index < -0.39 is 0 Å². The van der Waals surface area contributed by atoms with E-state index in [-0.39, 0.29) is 11.6 Å². The summed E-state index contributed by atoms with van der Waals surface area (Å²) in [5.41, 5.74) is 3.95. The summed E-state index contributed by atoms with van der Waals surface area (Å²) in [5, 5.41) is 13.2. The van der Waals surface area contributed by atoms with Gasteiger partial charge in [0.25, 0.3) is 5.56 Å². The zero-order valence-corrected chi connectivity index (χ0v) is 14.7. The number of fused-ring (bicyclic) bond motifs is 1. The van der Waals surface area contributed by atoms with Crippen LogP contribution in [0.15, 0.2) is 45.9 Å². The van der Waals surface area contributed by atoms with Crippen LogP contribution in [0, 0.1) is 0 Å². The second-order valence-corrected chi connectivity index (χ2v) is 6.34. The fourth-order valence-electron chi connectivity index (χ4n) is 2.49. The van der Waals surface area contributed by atoms with Gasteiger partial charge < -0.3 is 9.88 Å². The summed E-state index contributed by atoms with van der Waals surface area (Å²) >= 11 is 3.31. The highest BCUT2D eigenvalue weighted by atomic mass is 79.9. The van der Waals surface area contributed by atoms with E-state index in [1.807, 2.05) is 6.92 Å². The highest BCUT2D eigenvalue weighted by Crippen LogP contribution is 2.27. The molecule has 0 aliphatic rings. The zero-order valence-electron chi connectivity index (χ0n) is 13.1. The van der Waals surface area contributed by atoms with Gasteiger partial charge in [0.1, 0.15) is 5.82 Å². The second kappa shape index (κ2) is 6.58. The first kappa shape index (κ1) is 16.4. The number of pyridine rings is 1. The van der Waals surface area contributed by atoms with Crippen molar-refractivity contribution in [2.45, 2.75) is 13.0 Å². The van der Waals surface area contributed by atoms with E-state index in [1.165, 1.54) is 6.07 Å². The minimum atomic E-state index is -0.195. The molecule has 24 heavy (non-hydrogen) atoms. The summed E-state index contributed by atoms with van der Waals surface area (Å²) in [5.74, 6) is 0.614. The molecule has 0 radical (unpaired) electrons. The third kappa shape index (κ3) is 3.10. The summed E-state index contributed by atoms with van der Waals surface area (Å²) in [6.45, 7) is 1.92. The highest BCUT2D eigenvalue weighted by Gasteiger charge is 2.13. The van der Waals surface area contributed by atoms with Crippen molar-refractivity contribution < 1.29 is 5.21 Å². The van der Waals surface area contributed by atoms with Crippen LogP contribution in [0.25, 0.3) is 10.9 Å². The SMILES string of the molecule is CC(Nc1cc(=O)n(C)c2ccc(NO)cc12)c1ncc(Br)cn1. The van der Waals surface area contributed by atoms with Crippen LogP contribution in [0.4, 0.5) is 11.4 Å². The molecule has 0 aliphatic heterocycles. The van der Waals surface area contributed by atoms with Crippen molar-refractivity contribution in [3.05, 3.63) is 57.3 Å². The first-order valence-electron chi connectivity index (χ1n) is 7.27. The van der Waals surface area contributed by atoms with E-state index in [1.54, 1.807) is 42.2 Å². The molecule has 0 aliphatic carbocycles. The van der Waals surface area contributed by atoms with Gasteiger partial charge in [0, 0.05) is 36.6 Å². The Hall–Kier alpha value is -2.45. The van der Waals surface area contributed by atoms with Gasteiger partial charge >= 0.3 is 0 Å². The van der Waals surface area contributed by atoms with Crippen LogP contribution >= 0.6 is 15.9 Å². The lowest BCUT2D eigenvalue weighted by Crippen LogP contribution is -2.19. The Morgan fingerprint density at radius 3 is 2.62 bits per heavy atom. The zero-order chi connectivity index (χ0) is 17.3. The Balaban J connectivity index is 2.06. The standard InChI is InChI=1S/C16H16BrN5O2/c1-9(16-18-7-10(17)8-19-16)20-13-6-15(23)22(2)14-4-3-11(21-24)5-12(13)14/h3-9,20-21,24H,1-2H3. The number of aromatic nitrogens is 3. The van der Waals surface area contributed by atoms with Crippen LogP contribution in [-0.4, -0.2) is 19.7 Å². The van der Waals surface area contributed by atoms with E-state index in [0.29, 0.717) is 17.2 Å². The van der Waals surface area contributed by atoms with Crippen LogP contribution in [0.5, 0.6) is 0 Å². The average molecular weight is 390 g/mol. The molecule has 3 rings (SSSR count). The molecule has 0 fully saturated rings. The number of anilines is 2. The van der Waals surface area contributed by atoms with Crippen LogP contribution < -0.4 is 16.4 Å². The monoisotopic (exact) mass is 389 g/mol. The lowest BCUT2D eigenvalue weighted by molar-refractivity contribution is 0.389. The Morgan fingerprint density at radius 2 is 1.96 bits per heavy atom. The van der Waals surface area contributed by atoms with Gasteiger partial charge in [0.05, 0.1) is 21.7 Å². The van der Waals surface area contributed by atoms with Crippen LogP contribution in [0.2, 0.25) is 0 Å². The molecular formula is C16H16BrN5O2. The van der Waals surface area contributed by atoms with Crippen molar-refractivity contribution in [2.75, 3.05) is 10.8 Å². The van der Waals surface area contributed by atoms with E-state index in [4.69, 9.17) is 5.21 Å². The maximum absolute atomic E-state index is 12.2. The van der Waals surface area contributed by atoms with Crippen LogP contribution in [-0.2, 0) is 7.05 Å². The Labute approximate surface area is 146 Å². The minimum absolute atomic E-state index is 0.126. The quantitative estimate of drug-likeness (QED) is 0.593. The summed E-state index contributed by atoms with van der Waals surface area (Å²) in [7, 11) is 1.71. The molecule has 1 aromatic carbocycles. The predicted octanol–water partition coefficient (Wildman–Crippen LogP) is 3.07. The topological polar surface area (TPSA) is 92.1 Å². The summed E-state index contributed by atoms with van der Waals surface area (Å²) in [6, 6.07) is 6.58. The normalized spacial score (nSPS) is 12.2. The number of rotatable bonds is 4. The fraction of sp³-hybridized carbons (Fsp3) is 0.188. The van der Waals surface area contributed by atoms with Crippen molar-refractivity contribution >= 4 is 38.2 Å². The first-order chi connectivity index (χ1) is 11.5. The average Bonchev–Trinajstić information content (AvgIpc) is 2.59. The maximum atomic E-state index is 12.2. The molecule has 8 heteroatoms. The van der Waals surface area contributed by atoms with E-state index in [2.05, 4.69) is 36.7 Å². The maximum Gasteiger partial charge on any atom is 0.252 e. The van der Waals surface area contributed by atoms with Crippen molar-refractivity contribution in [3.8, 4) is 0 Å². The third-order valence-electron chi connectivity index (χ3n) is 3.78. The van der Waals surface area contributed by atoms with Gasteiger partial charge in [-0.05, 0) is 41.1 Å². The smallest absolute Gasteiger partial charge is 0.252 e. The molecule has 1 atom stereocenters. The molecule has 2 heterocycles. The van der Waals surface area contributed by atoms with Gasteiger partial charge in [0.2, 0.25) is 0 Å². The molecular weight excluding hydrogens is 374 g/mol. The van der Waals surface area contributed by atoms with E-state index >= 15 is 0 Å². The number of hydrogen-bond acceptors (Lipinski definition) is 6. The van der Waals surface area contributed by atoms with Gasteiger partial charge in [-0.1, -0.05) is 0 Å². The first-order valence-corrected chi connectivity index (χ1v) is 8.07. The van der Waals surface area contributed by atoms with Crippen molar-refractivity contribution in [3.63, 3.8) is 0 Å². The molecule has 0 spiro atoms. The summed E-state index contributed by atoms with van der Waals surface area (Å²) in [6.07, 6.45) is 3.35. The van der Waals surface area contributed by atoms with Crippen molar-refractivity contribution in [1.82, 2.24) is 14.5 Å². The lowest BCUT2D eigenvalue weighted by Gasteiger charge is -2.17. The Kier molecular flexibility index (Phi) is 4.50. The number of aryl methyl sites for hydroxylation is 1. The summed E-state index contributed by atoms with van der Waals surface area (Å²) in [4.78, 5) is 20.7. The van der Waals surface area contributed by atoms with Gasteiger partial charge in [-0.3, -0.25) is 15.5 Å². The van der Waals surface area contributed by atoms with Crippen LogP contribution in [0.3, 0.4) is 0 Å². The fourth-order valence-corrected chi connectivity index (χ4v) is 2.70. The van der Waals surface area contributed by atoms with Crippen molar-refractivity contribution in [1.29, 1.82) is 0 Å². The number of hydrogen-bond donors (Lipinski definition) is 3. The van der Waals surface area contributed by atoms with Crippen LogP contribution in [0.1, 0.15) is 18.8 Å². The molecule has 2 aromatic heterocycles. The molecule has 0 amide bonds. The number of nitrogens with one attached hydrogen (secondary N) is 2. The Morgan fingerprint density at radius 1 is 1.25 bits per heavy atom. The molecule has 0 saturated carbocycles. The Bertz CT molecular complexity index is 940. The largest absolute Gasteiger partial charge is 0.375 e. The second-order valence-electron chi connectivity index (χ2n) is 5.42. The van der Waals surface area contributed by atoms with E-state index in [9.17, 15) is 4.79 Å². The minimum Gasteiger partial charge on any atom is -0.375 e. The number of halogens is 1. The van der Waals surface area contributed by atoms with Gasteiger partial charge in [0.15, 0.2) is 0 Å². The molecule has 124 valence electrons. The van der Waals surface area contributed by atoms with Gasteiger partial charge in [-0.25, -0.2) is 9.97 Å². The third-order valence-corrected chi connectivity index (χ3v) is 4.18. The number of benzene rings is 1. The molecule has 3 N–H and O–H groups in total. The molecule has 1 unspecified atom stereocenters. The molecule has 3 aromatic rings.